The number of rotatable bonds is 8. The monoisotopic (exact) mass is 586 g/mol. The van der Waals surface area contributed by atoms with E-state index in [1.807, 2.05) is 22.6 Å². The summed E-state index contributed by atoms with van der Waals surface area (Å²) in [5, 5.41) is 8.41. The van der Waals surface area contributed by atoms with Crippen LogP contribution in [-0.4, -0.2) is 55.4 Å². The molecular formula is C24H26F3IN4O2. The summed E-state index contributed by atoms with van der Waals surface area (Å²) in [5.74, 6) is -4.16. The Kier molecular flexibility index (Phi) is 8.10. The molecule has 0 aromatic heterocycles. The summed E-state index contributed by atoms with van der Waals surface area (Å²) in [6.45, 7) is 2.91. The number of amides is 1. The van der Waals surface area contributed by atoms with Crippen molar-refractivity contribution >= 4 is 45.7 Å². The highest BCUT2D eigenvalue weighted by Gasteiger charge is 2.32. The Morgan fingerprint density at radius 1 is 1.06 bits per heavy atom. The van der Waals surface area contributed by atoms with Gasteiger partial charge in [0.1, 0.15) is 11.9 Å². The van der Waals surface area contributed by atoms with Gasteiger partial charge in [-0.1, -0.05) is 6.42 Å². The molecule has 0 spiro atoms. The molecule has 1 unspecified atom stereocenters. The molecule has 1 amide bonds. The van der Waals surface area contributed by atoms with E-state index in [1.54, 1.807) is 6.07 Å². The fourth-order valence-electron chi connectivity index (χ4n) is 4.15. The van der Waals surface area contributed by atoms with Gasteiger partial charge in [-0.25, -0.2) is 13.2 Å². The fourth-order valence-corrected chi connectivity index (χ4v) is 4.60. The van der Waals surface area contributed by atoms with Crippen molar-refractivity contribution in [3.63, 3.8) is 0 Å². The molecule has 182 valence electrons. The van der Waals surface area contributed by atoms with Crippen LogP contribution >= 0.6 is 22.6 Å². The van der Waals surface area contributed by atoms with Crippen molar-refractivity contribution in [3.05, 3.63) is 56.9 Å². The number of nitrogens with one attached hydrogen (secondary N) is 3. The van der Waals surface area contributed by atoms with Gasteiger partial charge in [0.15, 0.2) is 17.4 Å². The van der Waals surface area contributed by atoms with E-state index in [2.05, 4.69) is 20.9 Å². The quantitative estimate of drug-likeness (QED) is 0.324. The lowest BCUT2D eigenvalue weighted by Gasteiger charge is -2.32. The van der Waals surface area contributed by atoms with Crippen LogP contribution in [0.15, 0.2) is 30.3 Å². The highest BCUT2D eigenvalue weighted by molar-refractivity contribution is 14.1. The molecule has 2 aromatic rings. The van der Waals surface area contributed by atoms with Gasteiger partial charge in [0.05, 0.1) is 17.3 Å². The van der Waals surface area contributed by atoms with Gasteiger partial charge in [-0.3, -0.25) is 9.59 Å². The van der Waals surface area contributed by atoms with E-state index in [0.29, 0.717) is 16.7 Å². The molecule has 0 bridgehead atoms. The average molecular weight is 586 g/mol. The molecule has 2 aliphatic heterocycles. The van der Waals surface area contributed by atoms with E-state index in [9.17, 15) is 22.8 Å². The highest BCUT2D eigenvalue weighted by Crippen LogP contribution is 2.29. The van der Waals surface area contributed by atoms with Crippen molar-refractivity contribution in [2.24, 2.45) is 5.92 Å². The van der Waals surface area contributed by atoms with Crippen LogP contribution in [0.1, 0.15) is 29.6 Å². The van der Waals surface area contributed by atoms with E-state index >= 15 is 0 Å². The number of halogens is 4. The maximum atomic E-state index is 14.9. The van der Waals surface area contributed by atoms with E-state index in [1.165, 1.54) is 18.2 Å². The summed E-state index contributed by atoms with van der Waals surface area (Å²) in [6.07, 6.45) is 3.09. The number of carbonyl (C=O) groups is 2. The molecule has 2 heterocycles. The molecule has 10 heteroatoms. The molecule has 0 radical (unpaired) electrons. The molecule has 2 saturated heterocycles. The molecule has 1 atom stereocenters. The topological polar surface area (TPSA) is 73.5 Å². The molecular weight excluding hydrogens is 560 g/mol. The van der Waals surface area contributed by atoms with Crippen LogP contribution in [0, 0.1) is 26.9 Å². The van der Waals surface area contributed by atoms with Gasteiger partial charge in [0, 0.05) is 28.8 Å². The van der Waals surface area contributed by atoms with Crippen LogP contribution in [0.2, 0.25) is 0 Å². The smallest absolute Gasteiger partial charge is 0.226 e. The van der Waals surface area contributed by atoms with Gasteiger partial charge in [0.2, 0.25) is 5.91 Å². The van der Waals surface area contributed by atoms with Gasteiger partial charge in [0.25, 0.3) is 0 Å². The minimum absolute atomic E-state index is 0.0869. The summed E-state index contributed by atoms with van der Waals surface area (Å²) in [6, 6.07) is 5.34. The minimum atomic E-state index is -1.28. The van der Waals surface area contributed by atoms with Gasteiger partial charge in [-0.05, 0) is 78.9 Å². The molecule has 2 aromatic carbocycles. The molecule has 0 saturated carbocycles. The Morgan fingerprint density at radius 2 is 1.79 bits per heavy atom. The van der Waals surface area contributed by atoms with Gasteiger partial charge in [-0.2, -0.15) is 0 Å². The van der Waals surface area contributed by atoms with E-state index < -0.39 is 35.0 Å². The number of Topliss-reactive ketones (excluding diaryl/α,β-unsaturated/α-hetero) is 1. The maximum absolute atomic E-state index is 14.9. The van der Waals surface area contributed by atoms with Crippen molar-refractivity contribution in [1.82, 2.24) is 15.5 Å². The second kappa shape index (κ2) is 11.0. The van der Waals surface area contributed by atoms with Crippen LogP contribution < -0.4 is 16.0 Å². The zero-order valence-corrected chi connectivity index (χ0v) is 20.6. The normalized spacial score (nSPS) is 17.6. The van der Waals surface area contributed by atoms with E-state index in [-0.39, 0.29) is 29.6 Å². The zero-order chi connectivity index (χ0) is 24.2. The van der Waals surface area contributed by atoms with Gasteiger partial charge in [-0.15, -0.1) is 0 Å². The van der Waals surface area contributed by atoms with E-state index in [4.69, 9.17) is 0 Å². The van der Waals surface area contributed by atoms with Crippen molar-refractivity contribution < 1.29 is 22.8 Å². The molecule has 34 heavy (non-hydrogen) atoms. The lowest BCUT2D eigenvalue weighted by molar-refractivity contribution is -0.127. The second-order valence-corrected chi connectivity index (χ2v) is 9.92. The number of piperidine rings is 1. The fraction of sp³-hybridized carbons (Fsp3) is 0.417. The first-order chi connectivity index (χ1) is 16.3. The number of hydrogen-bond acceptors (Lipinski definition) is 5. The molecule has 2 fully saturated rings. The molecule has 2 aliphatic rings. The number of nitrogens with zero attached hydrogens (tertiary/aromatic N) is 1. The SMILES string of the molecule is O=C(NC(CN1CCCCC1)C(=O)c1ccc(F)c(F)c1Nc1ccc(I)cc1F)C1CNC1. The van der Waals surface area contributed by atoms with E-state index in [0.717, 1.165) is 38.4 Å². The largest absolute Gasteiger partial charge is 0.350 e. The van der Waals surface area contributed by atoms with Crippen molar-refractivity contribution in [2.45, 2.75) is 25.3 Å². The summed E-state index contributed by atoms with van der Waals surface area (Å²) in [4.78, 5) is 28.4. The number of benzene rings is 2. The van der Waals surface area contributed by atoms with Crippen LogP contribution in [0.4, 0.5) is 24.5 Å². The lowest BCUT2D eigenvalue weighted by Crippen LogP contribution is -2.56. The first-order valence-electron chi connectivity index (χ1n) is 11.3. The Balaban J connectivity index is 1.65. The first-order valence-corrected chi connectivity index (χ1v) is 12.4. The Morgan fingerprint density at radius 3 is 2.44 bits per heavy atom. The van der Waals surface area contributed by atoms with Crippen LogP contribution in [0.5, 0.6) is 0 Å². The Hall–Kier alpha value is -2.18. The number of ketones is 1. The van der Waals surface area contributed by atoms with Crippen molar-refractivity contribution in [3.8, 4) is 0 Å². The third-order valence-electron chi connectivity index (χ3n) is 6.23. The molecule has 3 N–H and O–H groups in total. The standard InChI is InChI=1S/C24H26F3IN4O2/c25-17-6-5-16(22(21(17)27)30-19-7-4-15(28)10-18(19)26)23(33)20(13-32-8-2-1-3-9-32)31-24(34)14-11-29-12-14/h4-7,10,14,20,29-30H,1-3,8-9,11-13H2,(H,31,34). The number of hydrogen-bond donors (Lipinski definition) is 3. The van der Waals surface area contributed by atoms with Crippen molar-refractivity contribution in [2.75, 3.05) is 38.0 Å². The predicted molar refractivity (Wildman–Crippen MR) is 132 cm³/mol. The Labute approximate surface area is 209 Å². The summed E-state index contributed by atoms with van der Waals surface area (Å²) in [7, 11) is 0. The molecule has 4 rings (SSSR count). The molecule has 6 nitrogen and oxygen atoms in total. The number of likely N-dealkylation sites (tertiary alicyclic amines) is 1. The summed E-state index contributed by atoms with van der Waals surface area (Å²) >= 11 is 1.94. The Bertz CT molecular complexity index is 1070. The van der Waals surface area contributed by atoms with Crippen LogP contribution in [0.25, 0.3) is 0 Å². The lowest BCUT2D eigenvalue weighted by atomic mass is 9.97. The number of anilines is 2. The minimum Gasteiger partial charge on any atom is -0.350 e. The summed E-state index contributed by atoms with van der Waals surface area (Å²) < 4.78 is 44.1. The maximum Gasteiger partial charge on any atom is 0.226 e. The first kappa shape index (κ1) is 24.9. The predicted octanol–water partition coefficient (Wildman–Crippen LogP) is 3.82. The summed E-state index contributed by atoms with van der Waals surface area (Å²) in [5.41, 5.74) is -0.685. The number of carbonyl (C=O) groups excluding carboxylic acids is 2. The average Bonchev–Trinajstić information content (AvgIpc) is 2.77. The molecule has 0 aliphatic carbocycles. The van der Waals surface area contributed by atoms with Gasteiger partial charge < -0.3 is 20.9 Å². The van der Waals surface area contributed by atoms with Crippen LogP contribution in [0.3, 0.4) is 0 Å². The zero-order valence-electron chi connectivity index (χ0n) is 18.5. The third-order valence-corrected chi connectivity index (χ3v) is 6.90. The van der Waals surface area contributed by atoms with Crippen LogP contribution in [-0.2, 0) is 4.79 Å². The van der Waals surface area contributed by atoms with Gasteiger partial charge >= 0.3 is 0 Å². The second-order valence-electron chi connectivity index (χ2n) is 8.67. The highest BCUT2D eigenvalue weighted by atomic mass is 127. The third kappa shape index (κ3) is 5.72. The van der Waals surface area contributed by atoms with Crippen molar-refractivity contribution in [1.29, 1.82) is 0 Å².